The zero-order chi connectivity index (χ0) is 14.8. The predicted molar refractivity (Wildman–Crippen MR) is 79.4 cm³/mol. The Labute approximate surface area is 126 Å². The van der Waals surface area contributed by atoms with Crippen molar-refractivity contribution >= 4 is 23.6 Å². The average Bonchev–Trinajstić information content (AvgIpc) is 3.27. The van der Waals surface area contributed by atoms with Crippen LogP contribution in [0, 0.1) is 5.82 Å². The van der Waals surface area contributed by atoms with Gasteiger partial charge in [0.25, 0.3) is 0 Å². The predicted octanol–water partition coefficient (Wildman–Crippen LogP) is 1.25. The van der Waals surface area contributed by atoms with Crippen molar-refractivity contribution in [3.05, 3.63) is 35.6 Å². The van der Waals surface area contributed by atoms with Gasteiger partial charge in [0.05, 0.1) is 5.25 Å². The third-order valence-corrected chi connectivity index (χ3v) is 4.99. The minimum Gasteiger partial charge on any atom is -0.352 e. The van der Waals surface area contributed by atoms with Crippen LogP contribution in [0.4, 0.5) is 4.39 Å². The van der Waals surface area contributed by atoms with E-state index in [1.54, 1.807) is 18.2 Å². The Hall–Kier alpha value is -1.56. The molecule has 2 aliphatic rings. The molecule has 0 spiro atoms. The van der Waals surface area contributed by atoms with Crippen LogP contribution >= 0.6 is 11.8 Å². The van der Waals surface area contributed by atoms with Crippen molar-refractivity contribution in [3.8, 4) is 0 Å². The molecule has 4 nitrogen and oxygen atoms in total. The van der Waals surface area contributed by atoms with E-state index in [0.717, 1.165) is 12.8 Å². The van der Waals surface area contributed by atoms with Gasteiger partial charge in [0.15, 0.2) is 0 Å². The number of halogens is 1. The number of hydrogen-bond donors (Lipinski definition) is 2. The normalized spacial score (nSPS) is 25.3. The second-order valence-electron chi connectivity index (χ2n) is 5.46. The molecule has 1 saturated heterocycles. The van der Waals surface area contributed by atoms with Crippen molar-refractivity contribution in [2.24, 2.45) is 0 Å². The standard InChI is InChI=1S/C15H17FN2O2S/c16-11-4-2-1-3-9(11)7-13-15(20)18-12(8-21-13)14(19)17-10-5-6-10/h1-4,10,12-13H,5-8H2,(H,17,19)(H,18,20)/t12-,13-/m1/s1. The van der Waals surface area contributed by atoms with Gasteiger partial charge in [0.1, 0.15) is 11.9 Å². The van der Waals surface area contributed by atoms with E-state index in [4.69, 9.17) is 0 Å². The smallest absolute Gasteiger partial charge is 0.243 e. The van der Waals surface area contributed by atoms with Crippen LogP contribution in [0.1, 0.15) is 18.4 Å². The lowest BCUT2D eigenvalue weighted by molar-refractivity contribution is -0.128. The molecule has 2 N–H and O–H groups in total. The van der Waals surface area contributed by atoms with Crippen LogP contribution in [0.5, 0.6) is 0 Å². The second kappa shape index (κ2) is 6.05. The fourth-order valence-corrected chi connectivity index (χ4v) is 3.46. The summed E-state index contributed by atoms with van der Waals surface area (Å²) in [4.78, 5) is 24.0. The number of nitrogens with one attached hydrogen (secondary N) is 2. The van der Waals surface area contributed by atoms with Crippen molar-refractivity contribution in [1.29, 1.82) is 0 Å². The Morgan fingerprint density at radius 1 is 1.38 bits per heavy atom. The van der Waals surface area contributed by atoms with Gasteiger partial charge in [0, 0.05) is 11.8 Å². The first-order valence-electron chi connectivity index (χ1n) is 7.09. The molecule has 21 heavy (non-hydrogen) atoms. The van der Waals surface area contributed by atoms with Gasteiger partial charge in [-0.15, -0.1) is 11.8 Å². The van der Waals surface area contributed by atoms with Crippen LogP contribution in [0.3, 0.4) is 0 Å². The summed E-state index contributed by atoms with van der Waals surface area (Å²) < 4.78 is 13.6. The highest BCUT2D eigenvalue weighted by atomic mass is 32.2. The lowest BCUT2D eigenvalue weighted by Gasteiger charge is -2.28. The molecule has 112 valence electrons. The molecular weight excluding hydrogens is 291 g/mol. The van der Waals surface area contributed by atoms with Crippen LogP contribution in [0.2, 0.25) is 0 Å². The maximum Gasteiger partial charge on any atom is 0.243 e. The summed E-state index contributed by atoms with van der Waals surface area (Å²) in [6.45, 7) is 0. The lowest BCUT2D eigenvalue weighted by atomic mass is 10.1. The molecule has 2 fully saturated rings. The number of thioether (sulfide) groups is 1. The summed E-state index contributed by atoms with van der Waals surface area (Å²) in [7, 11) is 0. The van der Waals surface area contributed by atoms with Gasteiger partial charge in [-0.2, -0.15) is 0 Å². The molecule has 2 amide bonds. The van der Waals surface area contributed by atoms with E-state index >= 15 is 0 Å². The molecule has 1 saturated carbocycles. The van der Waals surface area contributed by atoms with Crippen LogP contribution in [-0.2, 0) is 16.0 Å². The number of benzene rings is 1. The van der Waals surface area contributed by atoms with Crippen LogP contribution < -0.4 is 10.6 Å². The Kier molecular flexibility index (Phi) is 4.14. The maximum atomic E-state index is 13.6. The molecule has 1 heterocycles. The first kappa shape index (κ1) is 14.4. The Bertz CT molecular complexity index is 562. The number of rotatable bonds is 4. The van der Waals surface area contributed by atoms with Crippen LogP contribution in [0.25, 0.3) is 0 Å². The van der Waals surface area contributed by atoms with E-state index < -0.39 is 6.04 Å². The maximum absolute atomic E-state index is 13.6. The van der Waals surface area contributed by atoms with Gasteiger partial charge in [-0.05, 0) is 30.9 Å². The van der Waals surface area contributed by atoms with E-state index in [0.29, 0.717) is 17.7 Å². The lowest BCUT2D eigenvalue weighted by Crippen LogP contribution is -2.54. The first-order valence-corrected chi connectivity index (χ1v) is 8.14. The van der Waals surface area contributed by atoms with Crippen molar-refractivity contribution < 1.29 is 14.0 Å². The number of hydrogen-bond acceptors (Lipinski definition) is 3. The molecule has 0 aromatic heterocycles. The highest BCUT2D eigenvalue weighted by Gasteiger charge is 2.34. The highest BCUT2D eigenvalue weighted by Crippen LogP contribution is 2.24. The fourth-order valence-electron chi connectivity index (χ4n) is 2.28. The molecule has 1 aliphatic carbocycles. The van der Waals surface area contributed by atoms with Crippen molar-refractivity contribution in [1.82, 2.24) is 10.6 Å². The monoisotopic (exact) mass is 308 g/mol. The van der Waals surface area contributed by atoms with Gasteiger partial charge in [-0.25, -0.2) is 4.39 Å². The molecule has 1 aromatic carbocycles. The quantitative estimate of drug-likeness (QED) is 0.880. The van der Waals surface area contributed by atoms with E-state index in [1.807, 2.05) is 0 Å². The topological polar surface area (TPSA) is 58.2 Å². The molecule has 0 unspecified atom stereocenters. The van der Waals surface area contributed by atoms with E-state index in [2.05, 4.69) is 10.6 Å². The van der Waals surface area contributed by atoms with Crippen molar-refractivity contribution in [3.63, 3.8) is 0 Å². The minimum atomic E-state index is -0.472. The van der Waals surface area contributed by atoms with Gasteiger partial charge >= 0.3 is 0 Å². The van der Waals surface area contributed by atoms with E-state index in [1.165, 1.54) is 17.8 Å². The zero-order valence-electron chi connectivity index (χ0n) is 11.5. The van der Waals surface area contributed by atoms with Crippen LogP contribution in [0.15, 0.2) is 24.3 Å². The molecule has 2 atom stereocenters. The molecule has 0 radical (unpaired) electrons. The number of amides is 2. The number of carbonyl (C=O) groups is 2. The third kappa shape index (κ3) is 3.56. The highest BCUT2D eigenvalue weighted by molar-refractivity contribution is 8.00. The fraction of sp³-hybridized carbons (Fsp3) is 0.467. The summed E-state index contributed by atoms with van der Waals surface area (Å²) in [6.07, 6.45) is 2.39. The van der Waals surface area contributed by atoms with Crippen LogP contribution in [-0.4, -0.2) is 34.9 Å². The molecular formula is C15H17FN2O2S. The zero-order valence-corrected chi connectivity index (χ0v) is 12.3. The summed E-state index contributed by atoms with van der Waals surface area (Å²) in [6, 6.07) is 6.29. The molecule has 6 heteroatoms. The SMILES string of the molecule is O=C(NC1CC1)[C@H]1CS[C@H](Cc2ccccc2F)C(=O)N1. The van der Waals surface area contributed by atoms with Crippen molar-refractivity contribution in [2.75, 3.05) is 5.75 Å². The Morgan fingerprint density at radius 3 is 2.81 bits per heavy atom. The molecule has 0 bridgehead atoms. The summed E-state index contributed by atoms with van der Waals surface area (Å²) in [5, 5.41) is 5.29. The first-order chi connectivity index (χ1) is 10.1. The van der Waals surface area contributed by atoms with Gasteiger partial charge < -0.3 is 10.6 Å². The summed E-state index contributed by atoms with van der Waals surface area (Å²) >= 11 is 1.42. The Balaban J connectivity index is 1.57. The molecule has 3 rings (SSSR count). The summed E-state index contributed by atoms with van der Waals surface area (Å²) in [5.41, 5.74) is 0.533. The summed E-state index contributed by atoms with van der Waals surface area (Å²) in [5.74, 6) is -0.0590. The molecule has 1 aliphatic heterocycles. The third-order valence-electron chi connectivity index (χ3n) is 3.68. The second-order valence-corrected chi connectivity index (χ2v) is 6.70. The van der Waals surface area contributed by atoms with Gasteiger partial charge in [-0.3, -0.25) is 9.59 Å². The Morgan fingerprint density at radius 2 is 2.14 bits per heavy atom. The number of carbonyl (C=O) groups excluding carboxylic acids is 2. The van der Waals surface area contributed by atoms with Gasteiger partial charge in [0.2, 0.25) is 11.8 Å². The van der Waals surface area contributed by atoms with E-state index in [9.17, 15) is 14.0 Å². The minimum absolute atomic E-state index is 0.109. The average molecular weight is 308 g/mol. The van der Waals surface area contributed by atoms with Crippen molar-refractivity contribution in [2.45, 2.75) is 36.6 Å². The van der Waals surface area contributed by atoms with Gasteiger partial charge in [-0.1, -0.05) is 18.2 Å². The largest absolute Gasteiger partial charge is 0.352 e. The van der Waals surface area contributed by atoms with E-state index in [-0.39, 0.29) is 28.9 Å². The molecule has 1 aromatic rings.